The fourth-order valence-electron chi connectivity index (χ4n) is 3.61. The smallest absolute Gasteiger partial charge is 0.228 e. The fraction of sp³-hybridized carbons (Fsp3) is 0.440. The average Bonchev–Trinajstić information content (AvgIpc) is 3.24. The number of nitrogens with zero attached hydrogens (tertiary/aromatic N) is 3. The highest BCUT2D eigenvalue weighted by Gasteiger charge is 2.21. The number of amides is 1. The summed E-state index contributed by atoms with van der Waals surface area (Å²) in [5, 5.41) is 0.671. The van der Waals surface area contributed by atoms with E-state index >= 15 is 0 Å². The van der Waals surface area contributed by atoms with Gasteiger partial charge in [0.05, 0.1) is 28.0 Å². The number of thiazole rings is 1. The van der Waals surface area contributed by atoms with Gasteiger partial charge in [0.25, 0.3) is 0 Å². The largest absolute Gasteiger partial charge is 0.497 e. The Morgan fingerprint density at radius 3 is 2.44 bits per heavy atom. The topological polar surface area (TPSA) is 79.8 Å². The van der Waals surface area contributed by atoms with Gasteiger partial charge >= 0.3 is 0 Å². The summed E-state index contributed by atoms with van der Waals surface area (Å²) in [5.41, 5.74) is 2.11. The predicted octanol–water partition coefficient (Wildman–Crippen LogP) is 4.41. The van der Waals surface area contributed by atoms with Crippen molar-refractivity contribution in [3.63, 3.8) is 0 Å². The molecule has 0 aliphatic heterocycles. The van der Waals surface area contributed by atoms with Crippen molar-refractivity contribution < 1.29 is 17.9 Å². The lowest BCUT2D eigenvalue weighted by Gasteiger charge is -2.21. The minimum Gasteiger partial charge on any atom is -0.497 e. The number of aromatic nitrogens is 1. The van der Waals surface area contributed by atoms with Crippen LogP contribution in [0.2, 0.25) is 0 Å². The molecule has 2 aromatic carbocycles. The molecule has 1 heterocycles. The van der Waals surface area contributed by atoms with E-state index in [2.05, 4.69) is 24.0 Å². The van der Waals surface area contributed by atoms with Crippen molar-refractivity contribution in [2.45, 2.75) is 37.5 Å². The molecule has 34 heavy (non-hydrogen) atoms. The van der Waals surface area contributed by atoms with Gasteiger partial charge in [-0.05, 0) is 81.9 Å². The van der Waals surface area contributed by atoms with Crippen molar-refractivity contribution >= 4 is 42.4 Å². The number of anilines is 1. The van der Waals surface area contributed by atoms with Crippen LogP contribution in [0.1, 0.15) is 31.7 Å². The van der Waals surface area contributed by atoms with Crippen LogP contribution >= 0.6 is 11.3 Å². The van der Waals surface area contributed by atoms with Gasteiger partial charge in [0, 0.05) is 13.0 Å². The molecule has 0 aliphatic rings. The predicted molar refractivity (Wildman–Crippen MR) is 139 cm³/mol. The molecule has 9 heteroatoms. The molecular formula is C25H33N3O4S2. The van der Waals surface area contributed by atoms with Crippen LogP contribution in [0, 0.1) is 0 Å². The Morgan fingerprint density at radius 1 is 1.06 bits per heavy atom. The lowest BCUT2D eigenvalue weighted by atomic mass is 10.2. The third-order valence-electron chi connectivity index (χ3n) is 5.59. The van der Waals surface area contributed by atoms with Crippen molar-refractivity contribution in [2.75, 3.05) is 44.9 Å². The maximum Gasteiger partial charge on any atom is 0.228 e. The van der Waals surface area contributed by atoms with Gasteiger partial charge in [-0.15, -0.1) is 0 Å². The van der Waals surface area contributed by atoms with Crippen LogP contribution < -0.4 is 9.64 Å². The van der Waals surface area contributed by atoms with Gasteiger partial charge in [-0.3, -0.25) is 9.69 Å². The Hall–Kier alpha value is -2.49. The van der Waals surface area contributed by atoms with Crippen LogP contribution in [0.3, 0.4) is 0 Å². The molecule has 1 amide bonds. The molecule has 0 saturated heterocycles. The molecule has 0 aliphatic carbocycles. The lowest BCUT2D eigenvalue weighted by molar-refractivity contribution is -0.118. The highest BCUT2D eigenvalue weighted by molar-refractivity contribution is 7.91. The molecule has 184 valence electrons. The molecule has 7 nitrogen and oxygen atoms in total. The summed E-state index contributed by atoms with van der Waals surface area (Å²) in [6.45, 7) is 3.50. The van der Waals surface area contributed by atoms with E-state index in [1.807, 2.05) is 20.2 Å². The van der Waals surface area contributed by atoms with Gasteiger partial charge in [0.2, 0.25) is 5.91 Å². The Balaban J connectivity index is 1.71. The molecule has 0 bridgehead atoms. The van der Waals surface area contributed by atoms with E-state index in [1.165, 1.54) is 36.1 Å². The van der Waals surface area contributed by atoms with E-state index in [9.17, 15) is 13.2 Å². The normalized spacial score (nSPS) is 11.8. The Labute approximate surface area is 206 Å². The molecule has 0 spiro atoms. The van der Waals surface area contributed by atoms with Crippen molar-refractivity contribution in [2.24, 2.45) is 0 Å². The van der Waals surface area contributed by atoms with Gasteiger partial charge in [0.15, 0.2) is 15.0 Å². The molecule has 0 atom stereocenters. The van der Waals surface area contributed by atoms with E-state index in [-0.39, 0.29) is 29.4 Å². The minimum absolute atomic E-state index is 0.0870. The number of carbonyl (C=O) groups excluding carboxylic acids is 1. The first-order chi connectivity index (χ1) is 16.2. The van der Waals surface area contributed by atoms with Crippen LogP contribution in [0.5, 0.6) is 5.75 Å². The number of rotatable bonds is 12. The molecule has 3 rings (SSSR count). The first kappa shape index (κ1) is 26.1. The summed E-state index contributed by atoms with van der Waals surface area (Å²) in [4.78, 5) is 21.9. The summed E-state index contributed by atoms with van der Waals surface area (Å²) >= 11 is 1.51. The third kappa shape index (κ3) is 6.77. The molecule has 3 aromatic rings. The standard InChI is InChI=1S/C25H33N3O4S2/c1-5-19-9-14-22-23(18-19)33-25(26-22)28(16-7-15-27(2)3)24(29)8-6-17-34(30,31)21-12-10-20(32-4)11-13-21/h9-14,18H,5-8,15-17H2,1-4H3. The zero-order valence-corrected chi connectivity index (χ0v) is 21.9. The summed E-state index contributed by atoms with van der Waals surface area (Å²) in [5.74, 6) is 0.416. The number of methoxy groups -OCH3 is 1. The number of carbonyl (C=O) groups is 1. The third-order valence-corrected chi connectivity index (χ3v) is 8.45. The second-order valence-corrected chi connectivity index (χ2v) is 11.6. The molecule has 0 fully saturated rings. The molecule has 0 unspecified atom stereocenters. The number of aryl methyl sites for hydroxylation is 1. The van der Waals surface area contributed by atoms with E-state index in [1.54, 1.807) is 17.0 Å². The first-order valence-electron chi connectivity index (χ1n) is 11.4. The lowest BCUT2D eigenvalue weighted by Crippen LogP contribution is -2.33. The van der Waals surface area contributed by atoms with Crippen molar-refractivity contribution in [1.29, 1.82) is 0 Å². The molecular weight excluding hydrogens is 470 g/mol. The molecule has 1 aromatic heterocycles. The van der Waals surface area contributed by atoms with Crippen molar-refractivity contribution in [3.8, 4) is 5.75 Å². The van der Waals surface area contributed by atoms with Crippen LogP contribution in [-0.4, -0.2) is 64.3 Å². The van der Waals surface area contributed by atoms with Gasteiger partial charge in [0.1, 0.15) is 5.75 Å². The number of sulfone groups is 1. The minimum atomic E-state index is -3.47. The Bertz CT molecular complexity index is 1200. The Morgan fingerprint density at radius 2 is 1.79 bits per heavy atom. The number of hydrogen-bond acceptors (Lipinski definition) is 7. The van der Waals surface area contributed by atoms with E-state index < -0.39 is 9.84 Å². The fourth-order valence-corrected chi connectivity index (χ4v) is 6.00. The second-order valence-electron chi connectivity index (χ2n) is 8.45. The second kappa shape index (κ2) is 11.8. The molecule has 0 N–H and O–H groups in total. The van der Waals surface area contributed by atoms with Crippen LogP contribution in [0.25, 0.3) is 10.2 Å². The zero-order valence-electron chi connectivity index (χ0n) is 20.3. The van der Waals surface area contributed by atoms with E-state index in [0.717, 1.165) is 29.6 Å². The monoisotopic (exact) mass is 503 g/mol. The van der Waals surface area contributed by atoms with Crippen molar-refractivity contribution in [3.05, 3.63) is 48.0 Å². The van der Waals surface area contributed by atoms with Crippen LogP contribution in [-0.2, 0) is 21.1 Å². The van der Waals surface area contributed by atoms with Crippen molar-refractivity contribution in [1.82, 2.24) is 9.88 Å². The SMILES string of the molecule is CCc1ccc2nc(N(CCCN(C)C)C(=O)CCCS(=O)(=O)c3ccc(OC)cc3)sc2c1. The van der Waals surface area contributed by atoms with Gasteiger partial charge in [-0.2, -0.15) is 0 Å². The number of benzene rings is 2. The maximum absolute atomic E-state index is 13.2. The number of ether oxygens (including phenoxy) is 1. The van der Waals surface area contributed by atoms with E-state index in [0.29, 0.717) is 17.4 Å². The highest BCUT2D eigenvalue weighted by Crippen LogP contribution is 2.30. The van der Waals surface area contributed by atoms with Gasteiger partial charge < -0.3 is 9.64 Å². The van der Waals surface area contributed by atoms with Gasteiger partial charge in [-0.25, -0.2) is 13.4 Å². The summed E-state index contributed by atoms with van der Waals surface area (Å²) in [6, 6.07) is 12.5. The number of hydrogen-bond donors (Lipinski definition) is 0. The highest BCUT2D eigenvalue weighted by atomic mass is 32.2. The first-order valence-corrected chi connectivity index (χ1v) is 13.9. The van der Waals surface area contributed by atoms with Gasteiger partial charge in [-0.1, -0.05) is 24.3 Å². The number of fused-ring (bicyclic) bond motifs is 1. The molecule has 0 radical (unpaired) electrons. The molecule has 0 saturated carbocycles. The zero-order chi connectivity index (χ0) is 24.7. The summed E-state index contributed by atoms with van der Waals surface area (Å²) in [6.07, 6.45) is 2.14. The summed E-state index contributed by atoms with van der Waals surface area (Å²) < 4.78 is 31.5. The van der Waals surface area contributed by atoms with Crippen LogP contribution in [0.4, 0.5) is 5.13 Å². The maximum atomic E-state index is 13.2. The van der Waals surface area contributed by atoms with Crippen LogP contribution in [0.15, 0.2) is 47.4 Å². The quantitative estimate of drug-likeness (QED) is 0.364. The Kier molecular flexibility index (Phi) is 9.04. The van der Waals surface area contributed by atoms with E-state index in [4.69, 9.17) is 9.72 Å². The summed E-state index contributed by atoms with van der Waals surface area (Å²) in [7, 11) is 2.06. The average molecular weight is 504 g/mol.